The average molecular weight is 299 g/mol. The number of hydrogen-bond donors (Lipinski definition) is 3. The van der Waals surface area contributed by atoms with Crippen LogP contribution in [0.15, 0.2) is 0 Å². The highest BCUT2D eigenvalue weighted by Crippen LogP contribution is 2.32. The van der Waals surface area contributed by atoms with Crippen molar-refractivity contribution in [2.75, 3.05) is 13.1 Å². The summed E-state index contributed by atoms with van der Waals surface area (Å²) in [7, 11) is 0. The van der Waals surface area contributed by atoms with Gasteiger partial charge in [-0.2, -0.15) is 0 Å². The van der Waals surface area contributed by atoms with Gasteiger partial charge in [-0.15, -0.1) is 0 Å². The molecule has 7 heteroatoms. The predicted octanol–water partition coefficient (Wildman–Crippen LogP) is 0.940. The molecule has 7 nitrogen and oxygen atoms in total. The van der Waals surface area contributed by atoms with E-state index in [4.69, 9.17) is 0 Å². The van der Waals surface area contributed by atoms with Crippen LogP contribution in [0.1, 0.15) is 47.0 Å². The van der Waals surface area contributed by atoms with Crippen molar-refractivity contribution in [3.8, 4) is 0 Å². The molecule has 120 valence electrons. The Hall–Kier alpha value is -1.79. The number of nitrogens with zero attached hydrogens (tertiary/aromatic N) is 1. The molecule has 1 atom stereocenters. The summed E-state index contributed by atoms with van der Waals surface area (Å²) in [5, 5.41) is 14.6. The quantitative estimate of drug-likeness (QED) is 0.719. The molecule has 1 heterocycles. The molecule has 3 amide bonds. The molecule has 0 aromatic carbocycles. The molecule has 0 saturated carbocycles. The van der Waals surface area contributed by atoms with E-state index in [0.29, 0.717) is 25.8 Å². The van der Waals surface area contributed by atoms with E-state index >= 15 is 0 Å². The Morgan fingerprint density at radius 1 is 1.29 bits per heavy atom. The van der Waals surface area contributed by atoms with Gasteiger partial charge < -0.3 is 20.6 Å². The minimum atomic E-state index is -1.15. The molecule has 1 unspecified atom stereocenters. The first kappa shape index (κ1) is 17.3. The SMILES string of the molecule is CCC1(C(=O)O)CCCN1C(=O)NCC(=O)NC(C)(C)C. The topological polar surface area (TPSA) is 98.7 Å². The van der Waals surface area contributed by atoms with E-state index in [1.807, 2.05) is 20.8 Å². The molecule has 0 radical (unpaired) electrons. The molecular weight excluding hydrogens is 274 g/mol. The molecule has 0 aliphatic carbocycles. The van der Waals surface area contributed by atoms with Crippen LogP contribution in [0, 0.1) is 0 Å². The molecule has 1 rings (SSSR count). The normalized spacial score (nSPS) is 22.0. The zero-order valence-corrected chi connectivity index (χ0v) is 13.2. The third-order valence-corrected chi connectivity index (χ3v) is 3.63. The Kier molecular flexibility index (Phi) is 5.20. The van der Waals surface area contributed by atoms with Gasteiger partial charge in [-0.25, -0.2) is 9.59 Å². The number of urea groups is 1. The highest BCUT2D eigenvalue weighted by Gasteiger charge is 2.48. The number of hydrogen-bond acceptors (Lipinski definition) is 3. The van der Waals surface area contributed by atoms with Crippen LogP contribution in [0.3, 0.4) is 0 Å². The van der Waals surface area contributed by atoms with E-state index < -0.39 is 17.5 Å². The van der Waals surface area contributed by atoms with Gasteiger partial charge in [-0.1, -0.05) is 6.92 Å². The van der Waals surface area contributed by atoms with Crippen LogP contribution in [0.25, 0.3) is 0 Å². The number of carboxylic acid groups (broad SMARTS) is 1. The minimum Gasteiger partial charge on any atom is -0.479 e. The molecule has 3 N–H and O–H groups in total. The largest absolute Gasteiger partial charge is 0.479 e. The van der Waals surface area contributed by atoms with Gasteiger partial charge in [-0.05, 0) is 40.0 Å². The Labute approximate surface area is 125 Å². The number of carboxylic acids is 1. The average Bonchev–Trinajstić information content (AvgIpc) is 2.78. The summed E-state index contributed by atoms with van der Waals surface area (Å²) in [6.45, 7) is 7.53. The van der Waals surface area contributed by atoms with Crippen molar-refractivity contribution in [2.45, 2.75) is 58.0 Å². The van der Waals surface area contributed by atoms with Crippen molar-refractivity contribution in [3.63, 3.8) is 0 Å². The first-order valence-corrected chi connectivity index (χ1v) is 7.22. The van der Waals surface area contributed by atoms with Crippen LogP contribution in [-0.4, -0.2) is 52.1 Å². The molecule has 0 spiro atoms. The number of nitrogens with one attached hydrogen (secondary N) is 2. The van der Waals surface area contributed by atoms with Gasteiger partial charge in [0.15, 0.2) is 0 Å². The molecule has 1 saturated heterocycles. The third-order valence-electron chi connectivity index (χ3n) is 3.63. The lowest BCUT2D eigenvalue weighted by Gasteiger charge is -2.33. The zero-order chi connectivity index (χ0) is 16.3. The summed E-state index contributed by atoms with van der Waals surface area (Å²) in [4.78, 5) is 36.7. The predicted molar refractivity (Wildman–Crippen MR) is 77.9 cm³/mol. The maximum atomic E-state index is 12.2. The number of carbonyl (C=O) groups is 3. The first-order chi connectivity index (χ1) is 9.62. The summed E-state index contributed by atoms with van der Waals surface area (Å²) in [6, 6.07) is -0.499. The molecular formula is C14H25N3O4. The van der Waals surface area contributed by atoms with Crippen molar-refractivity contribution in [3.05, 3.63) is 0 Å². The van der Waals surface area contributed by atoms with Crippen molar-refractivity contribution >= 4 is 17.9 Å². The second-order valence-electron chi connectivity index (χ2n) is 6.40. The fraction of sp³-hybridized carbons (Fsp3) is 0.786. The van der Waals surface area contributed by atoms with Gasteiger partial charge in [-0.3, -0.25) is 4.79 Å². The fourth-order valence-corrected chi connectivity index (χ4v) is 2.63. The second-order valence-corrected chi connectivity index (χ2v) is 6.40. The van der Waals surface area contributed by atoms with Crippen molar-refractivity contribution in [1.29, 1.82) is 0 Å². The second kappa shape index (κ2) is 6.32. The van der Waals surface area contributed by atoms with Crippen LogP contribution < -0.4 is 10.6 Å². The Morgan fingerprint density at radius 2 is 1.90 bits per heavy atom. The van der Waals surface area contributed by atoms with Gasteiger partial charge >= 0.3 is 12.0 Å². The zero-order valence-electron chi connectivity index (χ0n) is 13.2. The van der Waals surface area contributed by atoms with E-state index in [1.54, 1.807) is 6.92 Å². The number of carbonyl (C=O) groups excluding carboxylic acids is 2. The number of amides is 3. The summed E-state index contributed by atoms with van der Waals surface area (Å²) in [5.41, 5.74) is -1.52. The lowest BCUT2D eigenvalue weighted by molar-refractivity contribution is -0.148. The van der Waals surface area contributed by atoms with Gasteiger partial charge in [0.25, 0.3) is 0 Å². The molecule has 0 aromatic rings. The number of likely N-dealkylation sites (tertiary alicyclic amines) is 1. The number of aliphatic carboxylic acids is 1. The van der Waals surface area contributed by atoms with Crippen LogP contribution in [0.2, 0.25) is 0 Å². The Bertz CT molecular complexity index is 430. The fourth-order valence-electron chi connectivity index (χ4n) is 2.63. The van der Waals surface area contributed by atoms with Crippen molar-refractivity contribution < 1.29 is 19.5 Å². The van der Waals surface area contributed by atoms with Crippen LogP contribution >= 0.6 is 0 Å². The van der Waals surface area contributed by atoms with E-state index in [1.165, 1.54) is 4.90 Å². The monoisotopic (exact) mass is 299 g/mol. The highest BCUT2D eigenvalue weighted by molar-refractivity contribution is 5.89. The lowest BCUT2D eigenvalue weighted by atomic mass is 9.93. The van der Waals surface area contributed by atoms with Crippen LogP contribution in [0.5, 0.6) is 0 Å². The molecule has 1 aliphatic rings. The number of rotatable bonds is 4. The maximum Gasteiger partial charge on any atom is 0.329 e. The lowest BCUT2D eigenvalue weighted by Crippen LogP contribution is -2.57. The summed E-state index contributed by atoms with van der Waals surface area (Å²) in [5.74, 6) is -1.29. The van der Waals surface area contributed by atoms with Gasteiger partial charge in [0.2, 0.25) is 5.91 Å². The first-order valence-electron chi connectivity index (χ1n) is 7.22. The standard InChI is InChI=1S/C14H25N3O4/c1-5-14(11(19)20)7-6-8-17(14)12(21)15-9-10(18)16-13(2,3)4/h5-9H2,1-4H3,(H,15,21)(H,16,18)(H,19,20). The van der Waals surface area contributed by atoms with Gasteiger partial charge in [0, 0.05) is 12.1 Å². The van der Waals surface area contributed by atoms with Gasteiger partial charge in [0.05, 0.1) is 6.54 Å². The Balaban J connectivity index is 2.63. The molecule has 0 aromatic heterocycles. The molecule has 21 heavy (non-hydrogen) atoms. The molecule has 1 aliphatic heterocycles. The minimum absolute atomic E-state index is 0.161. The van der Waals surface area contributed by atoms with E-state index in [-0.39, 0.29) is 18.0 Å². The summed E-state index contributed by atoms with van der Waals surface area (Å²) < 4.78 is 0. The van der Waals surface area contributed by atoms with Crippen LogP contribution in [-0.2, 0) is 9.59 Å². The summed E-state index contributed by atoms with van der Waals surface area (Å²) >= 11 is 0. The summed E-state index contributed by atoms with van der Waals surface area (Å²) in [6.07, 6.45) is 1.45. The highest BCUT2D eigenvalue weighted by atomic mass is 16.4. The Morgan fingerprint density at radius 3 is 2.38 bits per heavy atom. The van der Waals surface area contributed by atoms with Crippen molar-refractivity contribution in [2.24, 2.45) is 0 Å². The smallest absolute Gasteiger partial charge is 0.329 e. The van der Waals surface area contributed by atoms with Crippen LogP contribution in [0.4, 0.5) is 4.79 Å². The molecule has 0 bridgehead atoms. The maximum absolute atomic E-state index is 12.2. The van der Waals surface area contributed by atoms with E-state index in [0.717, 1.165) is 0 Å². The van der Waals surface area contributed by atoms with Crippen molar-refractivity contribution in [1.82, 2.24) is 15.5 Å². The van der Waals surface area contributed by atoms with E-state index in [9.17, 15) is 19.5 Å². The van der Waals surface area contributed by atoms with Gasteiger partial charge in [0.1, 0.15) is 5.54 Å². The third kappa shape index (κ3) is 4.09. The molecule has 1 fully saturated rings. The van der Waals surface area contributed by atoms with E-state index in [2.05, 4.69) is 10.6 Å².